The number of nitrogens with zero attached hydrogens (tertiary/aromatic N) is 2. The Morgan fingerprint density at radius 2 is 1.29 bits per heavy atom. The molecule has 9 aromatic rings. The molecule has 6 heteroatoms. The van der Waals surface area contributed by atoms with Gasteiger partial charge in [0.05, 0.1) is 4.70 Å². The second-order valence-electron chi connectivity index (χ2n) is 11.4. The number of thiophene rings is 1. The number of fused-ring (bicyclic) bond motifs is 10. The number of furan rings is 2. The zero-order valence-corrected chi connectivity index (χ0v) is 24.6. The predicted octanol–water partition coefficient (Wildman–Crippen LogP) is 10.3. The minimum atomic E-state index is -0.318. The molecule has 0 saturated carbocycles. The number of aliphatic imine (C=N–C) groups is 2. The van der Waals surface area contributed by atoms with E-state index in [2.05, 4.69) is 84.2 Å². The lowest BCUT2D eigenvalue weighted by Gasteiger charge is -2.24. The predicted molar refractivity (Wildman–Crippen MR) is 186 cm³/mol. The molecule has 3 aromatic heterocycles. The summed E-state index contributed by atoms with van der Waals surface area (Å²) >= 11 is 1.77. The first kappa shape index (κ1) is 24.7. The van der Waals surface area contributed by atoms with Crippen LogP contribution < -0.4 is 5.32 Å². The maximum Gasteiger partial charge on any atom is 0.159 e. The number of rotatable bonds is 3. The van der Waals surface area contributed by atoms with Gasteiger partial charge in [0.1, 0.15) is 34.3 Å². The second-order valence-corrected chi connectivity index (χ2v) is 12.4. The van der Waals surface area contributed by atoms with E-state index in [1.54, 1.807) is 11.3 Å². The number of hydrogen-bond acceptors (Lipinski definition) is 6. The number of hydrogen-bond donors (Lipinski definition) is 1. The SMILES string of the molecule is c1ccc(C2N=C(c3ccc4c(c3)oc3ccccc34)N=C(c3cc4c5ccccc5oc4c4c3sc3ccccc34)N2)cc1. The van der Waals surface area contributed by atoms with Crippen molar-refractivity contribution in [2.24, 2.45) is 9.98 Å². The van der Waals surface area contributed by atoms with Crippen LogP contribution in [0.3, 0.4) is 0 Å². The van der Waals surface area contributed by atoms with Crippen molar-refractivity contribution in [3.63, 3.8) is 0 Å². The summed E-state index contributed by atoms with van der Waals surface area (Å²) in [6.45, 7) is 0. The molecule has 212 valence electrons. The summed E-state index contributed by atoms with van der Waals surface area (Å²) in [6.07, 6.45) is -0.318. The molecule has 45 heavy (non-hydrogen) atoms. The maximum absolute atomic E-state index is 6.53. The van der Waals surface area contributed by atoms with E-state index in [0.29, 0.717) is 5.84 Å². The third-order valence-corrected chi connectivity index (χ3v) is 9.94. The molecular weight excluding hydrogens is 575 g/mol. The number of benzene rings is 6. The number of nitrogens with one attached hydrogen (secondary N) is 1. The van der Waals surface area contributed by atoms with Crippen molar-refractivity contribution in [1.29, 1.82) is 0 Å². The molecule has 6 aromatic carbocycles. The topological polar surface area (TPSA) is 63.0 Å². The van der Waals surface area contributed by atoms with E-state index in [0.717, 1.165) is 76.5 Å². The van der Waals surface area contributed by atoms with Crippen molar-refractivity contribution in [2.75, 3.05) is 0 Å². The molecule has 0 bridgehead atoms. The Morgan fingerprint density at radius 1 is 0.600 bits per heavy atom. The van der Waals surface area contributed by atoms with Crippen LogP contribution in [0.5, 0.6) is 0 Å². The molecule has 4 heterocycles. The highest BCUT2D eigenvalue weighted by Gasteiger charge is 2.26. The fourth-order valence-corrected chi connectivity index (χ4v) is 7.84. The van der Waals surface area contributed by atoms with E-state index in [1.165, 1.54) is 10.1 Å². The van der Waals surface area contributed by atoms with Gasteiger partial charge in [0.2, 0.25) is 0 Å². The van der Waals surface area contributed by atoms with Crippen LogP contribution in [-0.2, 0) is 0 Å². The second kappa shape index (κ2) is 9.39. The van der Waals surface area contributed by atoms with E-state index >= 15 is 0 Å². The van der Waals surface area contributed by atoms with Gasteiger partial charge in [0, 0.05) is 48.1 Å². The molecule has 0 amide bonds. The molecule has 0 radical (unpaired) electrons. The Labute approximate surface area is 260 Å². The van der Waals surface area contributed by atoms with Gasteiger partial charge in [-0.2, -0.15) is 0 Å². The lowest BCUT2D eigenvalue weighted by molar-refractivity contribution is 0.667. The summed E-state index contributed by atoms with van der Waals surface area (Å²) < 4.78 is 15.1. The molecule has 1 aliphatic heterocycles. The Hall–Kier alpha value is -5.72. The molecule has 0 spiro atoms. The van der Waals surface area contributed by atoms with Crippen LogP contribution in [0.15, 0.2) is 146 Å². The van der Waals surface area contributed by atoms with Gasteiger partial charge in [0.25, 0.3) is 0 Å². The average Bonchev–Trinajstić information content (AvgIpc) is 3.79. The van der Waals surface area contributed by atoms with Gasteiger partial charge in [-0.1, -0.05) is 91.0 Å². The zero-order chi connectivity index (χ0) is 29.5. The van der Waals surface area contributed by atoms with Crippen LogP contribution in [0.2, 0.25) is 0 Å². The van der Waals surface area contributed by atoms with E-state index < -0.39 is 0 Å². The monoisotopic (exact) mass is 597 g/mol. The van der Waals surface area contributed by atoms with Crippen LogP contribution >= 0.6 is 11.3 Å². The summed E-state index contributed by atoms with van der Waals surface area (Å²) in [6, 6.07) is 43.8. The summed E-state index contributed by atoms with van der Waals surface area (Å²) in [5.41, 5.74) is 6.48. The summed E-state index contributed by atoms with van der Waals surface area (Å²) in [7, 11) is 0. The van der Waals surface area contributed by atoms with Crippen LogP contribution in [0.4, 0.5) is 0 Å². The third kappa shape index (κ3) is 3.73. The first-order valence-corrected chi connectivity index (χ1v) is 15.8. The normalized spacial score (nSPS) is 15.3. The minimum Gasteiger partial charge on any atom is -0.456 e. The molecule has 0 saturated heterocycles. The van der Waals surface area contributed by atoms with Crippen molar-refractivity contribution in [1.82, 2.24) is 5.32 Å². The lowest BCUT2D eigenvalue weighted by Crippen LogP contribution is -2.33. The van der Waals surface area contributed by atoms with Crippen molar-refractivity contribution in [3.05, 3.63) is 144 Å². The van der Waals surface area contributed by atoms with Crippen LogP contribution in [0, 0.1) is 0 Å². The molecule has 1 unspecified atom stereocenters. The fourth-order valence-electron chi connectivity index (χ4n) is 6.63. The maximum atomic E-state index is 6.53. The van der Waals surface area contributed by atoms with Gasteiger partial charge < -0.3 is 14.2 Å². The van der Waals surface area contributed by atoms with Gasteiger partial charge in [-0.3, -0.25) is 0 Å². The van der Waals surface area contributed by atoms with Gasteiger partial charge >= 0.3 is 0 Å². The highest BCUT2D eigenvalue weighted by Crippen LogP contribution is 2.44. The summed E-state index contributed by atoms with van der Waals surface area (Å²) in [5, 5.41) is 10.3. The lowest BCUT2D eigenvalue weighted by atomic mass is 10.0. The zero-order valence-electron chi connectivity index (χ0n) is 23.8. The van der Waals surface area contributed by atoms with E-state index in [4.69, 9.17) is 18.8 Å². The van der Waals surface area contributed by atoms with Crippen LogP contribution in [-0.4, -0.2) is 11.7 Å². The number of amidine groups is 2. The standard InChI is InChI=1S/C39H23N3O2S/c1-2-10-22(11-3-1)37-40-38(23-18-19-26-24-12-4-7-15-30(24)43-32(26)20-23)42-39(41-37)29-21-28-25-13-5-8-16-31(25)44-35(28)34-27-14-6-9-17-33(27)45-36(29)34/h1-21,37H,(H,40,41,42). The van der Waals surface area contributed by atoms with Gasteiger partial charge in [-0.25, -0.2) is 9.98 Å². The average molecular weight is 598 g/mol. The van der Waals surface area contributed by atoms with Crippen molar-refractivity contribution >= 4 is 87.1 Å². The molecule has 5 nitrogen and oxygen atoms in total. The Kier molecular flexibility index (Phi) is 5.15. The fraction of sp³-hybridized carbons (Fsp3) is 0.0256. The number of para-hydroxylation sites is 2. The Bertz CT molecular complexity index is 2690. The largest absolute Gasteiger partial charge is 0.456 e. The van der Waals surface area contributed by atoms with Crippen LogP contribution in [0.1, 0.15) is 22.9 Å². The minimum absolute atomic E-state index is 0.318. The molecule has 1 atom stereocenters. The van der Waals surface area contributed by atoms with E-state index in [1.807, 2.05) is 48.5 Å². The van der Waals surface area contributed by atoms with Gasteiger partial charge in [0.15, 0.2) is 5.84 Å². The molecule has 1 N–H and O–H groups in total. The van der Waals surface area contributed by atoms with Crippen molar-refractivity contribution < 1.29 is 8.83 Å². The van der Waals surface area contributed by atoms with Crippen LogP contribution in [0.25, 0.3) is 64.0 Å². The first-order chi connectivity index (χ1) is 22.3. The quantitative estimate of drug-likeness (QED) is 0.220. The highest BCUT2D eigenvalue weighted by molar-refractivity contribution is 7.26. The summed E-state index contributed by atoms with van der Waals surface area (Å²) in [4.78, 5) is 10.4. The molecule has 0 fully saturated rings. The molecular formula is C39H23N3O2S. The molecule has 10 rings (SSSR count). The smallest absolute Gasteiger partial charge is 0.159 e. The first-order valence-electron chi connectivity index (χ1n) is 14.9. The van der Waals surface area contributed by atoms with E-state index in [-0.39, 0.29) is 6.17 Å². The Morgan fingerprint density at radius 3 is 2.13 bits per heavy atom. The van der Waals surface area contributed by atoms with E-state index in [9.17, 15) is 0 Å². The summed E-state index contributed by atoms with van der Waals surface area (Å²) in [5.74, 6) is 1.44. The highest BCUT2D eigenvalue weighted by atomic mass is 32.1. The third-order valence-electron chi connectivity index (χ3n) is 8.74. The van der Waals surface area contributed by atoms with Gasteiger partial charge in [-0.05, 0) is 42.0 Å². The van der Waals surface area contributed by atoms with Gasteiger partial charge in [-0.15, -0.1) is 11.3 Å². The molecule has 1 aliphatic rings. The van der Waals surface area contributed by atoms with Crippen molar-refractivity contribution in [3.8, 4) is 0 Å². The molecule has 0 aliphatic carbocycles. The van der Waals surface area contributed by atoms with Crippen molar-refractivity contribution in [2.45, 2.75) is 6.17 Å². The Balaban J connectivity index is 1.24.